The van der Waals surface area contributed by atoms with Crippen LogP contribution in [0.3, 0.4) is 0 Å². The number of hydrogen-bond acceptors (Lipinski definition) is 5. The Hall–Kier alpha value is -3.33. The highest BCUT2D eigenvalue weighted by molar-refractivity contribution is 6.04. The van der Waals surface area contributed by atoms with Crippen LogP contribution in [-0.2, 0) is 4.79 Å². The fourth-order valence-corrected chi connectivity index (χ4v) is 2.58. The van der Waals surface area contributed by atoms with Crippen LogP contribution in [0.15, 0.2) is 59.1 Å². The van der Waals surface area contributed by atoms with Crippen molar-refractivity contribution in [2.75, 3.05) is 11.9 Å². The summed E-state index contributed by atoms with van der Waals surface area (Å²) in [5, 5.41) is 8.26. The Morgan fingerprint density at radius 2 is 2.16 bits per heavy atom. The summed E-state index contributed by atoms with van der Waals surface area (Å²) < 4.78 is 28.5. The first-order valence-electron chi connectivity index (χ1n) is 7.41. The summed E-state index contributed by atoms with van der Waals surface area (Å²) in [5.41, 5.74) is 3.33. The molecular formula is C16H12F2N6O. The van der Waals surface area contributed by atoms with Crippen LogP contribution in [0.4, 0.5) is 14.6 Å². The number of nitrogens with zero attached hydrogens (tertiary/aromatic N) is 4. The van der Waals surface area contributed by atoms with E-state index >= 15 is 0 Å². The molecule has 0 unspecified atom stereocenters. The molecule has 25 heavy (non-hydrogen) atoms. The first-order chi connectivity index (χ1) is 12.1. The van der Waals surface area contributed by atoms with Gasteiger partial charge in [-0.2, -0.15) is 5.10 Å². The molecule has 0 aliphatic carbocycles. The topological polar surface area (TPSA) is 74.5 Å². The summed E-state index contributed by atoms with van der Waals surface area (Å²) in [6.07, 6.45) is 6.45. The van der Waals surface area contributed by atoms with Crippen LogP contribution in [0.5, 0.6) is 0 Å². The minimum atomic E-state index is -0.654. The number of nitrogens with one attached hydrogen (secondary N) is 2. The van der Waals surface area contributed by atoms with Crippen LogP contribution in [0.25, 0.3) is 5.69 Å². The highest BCUT2D eigenvalue weighted by atomic mass is 19.1. The number of benzene rings is 1. The molecule has 4 rings (SSSR count). The van der Waals surface area contributed by atoms with E-state index in [-0.39, 0.29) is 11.5 Å². The third-order valence-corrected chi connectivity index (χ3v) is 3.74. The maximum Gasteiger partial charge on any atom is 0.257 e. The highest BCUT2D eigenvalue weighted by Gasteiger charge is 2.27. The molecule has 7 nitrogen and oxygen atoms in total. The zero-order valence-electron chi connectivity index (χ0n) is 12.8. The molecule has 3 heterocycles. The molecule has 1 amide bonds. The van der Waals surface area contributed by atoms with E-state index in [1.807, 2.05) is 0 Å². The van der Waals surface area contributed by atoms with Gasteiger partial charge in [0.15, 0.2) is 5.82 Å². The van der Waals surface area contributed by atoms with E-state index in [4.69, 9.17) is 0 Å². The summed E-state index contributed by atoms with van der Waals surface area (Å²) in [5.74, 6) is -0.957. The van der Waals surface area contributed by atoms with Gasteiger partial charge in [0.05, 0.1) is 11.8 Å². The highest BCUT2D eigenvalue weighted by Crippen LogP contribution is 2.22. The largest absolute Gasteiger partial charge is 0.307 e. The lowest BCUT2D eigenvalue weighted by Gasteiger charge is -2.15. The second-order valence-corrected chi connectivity index (χ2v) is 5.30. The van der Waals surface area contributed by atoms with Crippen molar-refractivity contribution in [3.63, 3.8) is 0 Å². The van der Waals surface area contributed by atoms with E-state index in [0.717, 1.165) is 22.9 Å². The zero-order valence-corrected chi connectivity index (χ0v) is 12.8. The minimum Gasteiger partial charge on any atom is -0.307 e. The average Bonchev–Trinajstić information content (AvgIpc) is 3.23. The van der Waals surface area contributed by atoms with Gasteiger partial charge in [0.25, 0.3) is 5.91 Å². The number of halogens is 2. The molecule has 0 radical (unpaired) electrons. The van der Waals surface area contributed by atoms with Crippen molar-refractivity contribution in [1.82, 2.24) is 20.2 Å². The van der Waals surface area contributed by atoms with Crippen LogP contribution in [0.1, 0.15) is 0 Å². The van der Waals surface area contributed by atoms with Crippen molar-refractivity contribution in [3.05, 3.63) is 65.8 Å². The molecule has 0 spiro atoms. The van der Waals surface area contributed by atoms with Crippen LogP contribution in [0, 0.1) is 11.6 Å². The predicted octanol–water partition coefficient (Wildman–Crippen LogP) is 1.72. The van der Waals surface area contributed by atoms with E-state index in [2.05, 4.69) is 20.8 Å². The van der Waals surface area contributed by atoms with E-state index < -0.39 is 17.5 Å². The smallest absolute Gasteiger partial charge is 0.257 e. The number of allylic oxidation sites excluding steroid dienone is 1. The normalized spacial score (nSPS) is 15.7. The van der Waals surface area contributed by atoms with Gasteiger partial charge in [-0.25, -0.2) is 23.9 Å². The lowest BCUT2D eigenvalue weighted by molar-refractivity contribution is -0.112. The van der Waals surface area contributed by atoms with Gasteiger partial charge in [0, 0.05) is 31.1 Å². The maximum absolute atomic E-state index is 14.0. The Bertz CT molecular complexity index is 946. The summed E-state index contributed by atoms with van der Waals surface area (Å²) in [7, 11) is 0. The van der Waals surface area contributed by atoms with Crippen molar-refractivity contribution in [2.24, 2.45) is 4.99 Å². The van der Waals surface area contributed by atoms with Gasteiger partial charge in [-0.1, -0.05) is 0 Å². The third-order valence-electron chi connectivity index (χ3n) is 3.74. The molecule has 126 valence electrons. The number of anilines is 1. The van der Waals surface area contributed by atoms with E-state index in [0.29, 0.717) is 17.9 Å². The molecule has 2 aliphatic heterocycles. The number of hydrazine groups is 1. The molecule has 0 saturated heterocycles. The quantitative estimate of drug-likeness (QED) is 0.891. The molecule has 9 heteroatoms. The molecule has 0 bridgehead atoms. The number of aromatic nitrogens is 2. The number of amides is 1. The number of rotatable bonds is 3. The first-order valence-corrected chi connectivity index (χ1v) is 7.41. The Labute approximate surface area is 140 Å². The van der Waals surface area contributed by atoms with Crippen molar-refractivity contribution < 1.29 is 13.6 Å². The summed E-state index contributed by atoms with van der Waals surface area (Å²) in [6.45, 7) is 0.297. The molecular weight excluding hydrogens is 330 g/mol. The lowest BCUT2D eigenvalue weighted by atomic mass is 10.2. The minimum absolute atomic E-state index is 0.0947. The fraction of sp³-hybridized carbons (Fsp3) is 0.0625. The van der Waals surface area contributed by atoms with E-state index in [1.165, 1.54) is 12.3 Å². The standard InChI is InChI=1S/C16H12F2N6O/c17-10-2-3-12(18)13(8-10)24-14(4-6-20-24)22-16(25)11-9-21-23-7-1-5-19-15(11)23/h1-8,21H,9H2,(H,22,25). The Balaban J connectivity index is 1.64. The first kappa shape index (κ1) is 15.2. The SMILES string of the molecule is O=C(Nc1ccnn1-c1cc(F)ccc1F)C1=C2N=CC=CN2NC1. The Morgan fingerprint density at radius 3 is 3.04 bits per heavy atom. The van der Waals surface area contributed by atoms with Gasteiger partial charge >= 0.3 is 0 Å². The lowest BCUT2D eigenvalue weighted by Crippen LogP contribution is -2.27. The summed E-state index contributed by atoms with van der Waals surface area (Å²) >= 11 is 0. The fourth-order valence-electron chi connectivity index (χ4n) is 2.58. The van der Waals surface area contributed by atoms with Crippen molar-refractivity contribution >= 4 is 17.9 Å². The van der Waals surface area contributed by atoms with Gasteiger partial charge in [-0.15, -0.1) is 0 Å². The number of carbonyl (C=O) groups excluding carboxylic acids is 1. The number of hydrogen-bond donors (Lipinski definition) is 2. The zero-order chi connectivity index (χ0) is 17.4. The molecule has 2 aliphatic rings. The Morgan fingerprint density at radius 1 is 1.28 bits per heavy atom. The molecule has 0 saturated carbocycles. The Kier molecular flexibility index (Phi) is 3.62. The third kappa shape index (κ3) is 2.70. The number of carbonyl (C=O) groups is 1. The van der Waals surface area contributed by atoms with Gasteiger partial charge in [-0.05, 0) is 18.2 Å². The van der Waals surface area contributed by atoms with Gasteiger partial charge in [0.2, 0.25) is 0 Å². The molecule has 0 atom stereocenters. The summed E-state index contributed by atoms with van der Waals surface area (Å²) in [4.78, 5) is 16.7. The predicted molar refractivity (Wildman–Crippen MR) is 86.6 cm³/mol. The van der Waals surface area contributed by atoms with Crippen molar-refractivity contribution in [2.45, 2.75) is 0 Å². The molecule has 2 N–H and O–H groups in total. The van der Waals surface area contributed by atoms with Crippen LogP contribution in [0.2, 0.25) is 0 Å². The molecule has 1 aromatic heterocycles. The molecule has 0 fully saturated rings. The summed E-state index contributed by atoms with van der Waals surface area (Å²) in [6, 6.07) is 4.53. The van der Waals surface area contributed by atoms with Crippen molar-refractivity contribution in [1.29, 1.82) is 0 Å². The van der Waals surface area contributed by atoms with Crippen LogP contribution >= 0.6 is 0 Å². The second-order valence-electron chi connectivity index (χ2n) is 5.30. The number of fused-ring (bicyclic) bond motifs is 1. The molecule has 2 aromatic rings. The van der Waals surface area contributed by atoms with Gasteiger partial charge in [-0.3, -0.25) is 9.80 Å². The van der Waals surface area contributed by atoms with Gasteiger partial charge in [0.1, 0.15) is 23.1 Å². The van der Waals surface area contributed by atoms with Crippen LogP contribution < -0.4 is 10.7 Å². The van der Waals surface area contributed by atoms with Gasteiger partial charge < -0.3 is 5.32 Å². The van der Waals surface area contributed by atoms with Crippen LogP contribution in [-0.4, -0.2) is 33.5 Å². The average molecular weight is 342 g/mol. The monoisotopic (exact) mass is 342 g/mol. The molecule has 1 aromatic carbocycles. The second kappa shape index (κ2) is 5.95. The van der Waals surface area contributed by atoms with Crippen molar-refractivity contribution in [3.8, 4) is 5.69 Å². The van der Waals surface area contributed by atoms with E-state index in [1.54, 1.807) is 23.5 Å². The maximum atomic E-state index is 14.0. The van der Waals surface area contributed by atoms with E-state index in [9.17, 15) is 13.6 Å². The number of aliphatic imine (C=N–C) groups is 1.